The summed E-state index contributed by atoms with van der Waals surface area (Å²) in [7, 11) is 0. The van der Waals surface area contributed by atoms with Crippen molar-refractivity contribution in [3.05, 3.63) is 30.0 Å². The zero-order valence-electron chi connectivity index (χ0n) is 9.11. The van der Waals surface area contributed by atoms with E-state index in [4.69, 9.17) is 0 Å². The molecule has 16 heavy (non-hydrogen) atoms. The molecule has 0 aliphatic carbocycles. The number of phenols is 1. The number of rotatable bonds is 1. The summed E-state index contributed by atoms with van der Waals surface area (Å²) >= 11 is 0. The van der Waals surface area contributed by atoms with Gasteiger partial charge in [0.15, 0.2) is 5.75 Å². The molecule has 2 rings (SSSR count). The second-order valence-electron chi connectivity index (χ2n) is 3.67. The first-order valence-electron chi connectivity index (χ1n) is 4.94. The largest absolute Gasteiger partial charge is 0.504 e. The molecule has 82 valence electrons. The Morgan fingerprint density at radius 2 is 2.25 bits per heavy atom. The van der Waals surface area contributed by atoms with Gasteiger partial charge in [0.25, 0.3) is 0 Å². The van der Waals surface area contributed by atoms with E-state index >= 15 is 0 Å². The van der Waals surface area contributed by atoms with Gasteiger partial charge in [-0.1, -0.05) is 6.07 Å². The predicted octanol–water partition coefficient (Wildman–Crippen LogP) is 2.21. The Morgan fingerprint density at radius 1 is 1.50 bits per heavy atom. The Bertz CT molecular complexity index is 564. The molecule has 1 amide bonds. The van der Waals surface area contributed by atoms with E-state index in [1.807, 2.05) is 19.1 Å². The van der Waals surface area contributed by atoms with Crippen LogP contribution in [0.4, 0.5) is 5.69 Å². The Hall–Kier alpha value is -2.10. The molecule has 0 aliphatic rings. The molecule has 1 aromatic carbocycles. The van der Waals surface area contributed by atoms with E-state index in [-0.39, 0.29) is 11.7 Å². The van der Waals surface area contributed by atoms with Crippen LogP contribution < -0.4 is 5.32 Å². The van der Waals surface area contributed by atoms with Crippen molar-refractivity contribution in [1.82, 2.24) is 4.98 Å². The smallest absolute Gasteiger partial charge is 0.221 e. The van der Waals surface area contributed by atoms with Crippen molar-refractivity contribution in [2.24, 2.45) is 0 Å². The normalized spacial score (nSPS) is 10.4. The number of aromatic nitrogens is 1. The highest BCUT2D eigenvalue weighted by molar-refractivity contribution is 5.98. The number of amides is 1. The number of pyridine rings is 1. The molecule has 0 bridgehead atoms. The van der Waals surface area contributed by atoms with Crippen LogP contribution in [0.1, 0.15) is 12.5 Å². The summed E-state index contributed by atoms with van der Waals surface area (Å²) < 4.78 is 0. The third-order valence-corrected chi connectivity index (χ3v) is 2.38. The number of nitrogens with zero attached hydrogens (tertiary/aromatic N) is 1. The van der Waals surface area contributed by atoms with Crippen LogP contribution in [-0.4, -0.2) is 16.0 Å². The first-order valence-corrected chi connectivity index (χ1v) is 4.94. The van der Waals surface area contributed by atoms with E-state index in [1.54, 1.807) is 12.3 Å². The molecule has 4 heteroatoms. The highest BCUT2D eigenvalue weighted by Gasteiger charge is 2.10. The van der Waals surface area contributed by atoms with Crippen LogP contribution in [0.15, 0.2) is 24.4 Å². The van der Waals surface area contributed by atoms with Crippen molar-refractivity contribution in [2.45, 2.75) is 13.8 Å². The van der Waals surface area contributed by atoms with Gasteiger partial charge >= 0.3 is 0 Å². The fourth-order valence-electron chi connectivity index (χ4n) is 1.69. The predicted molar refractivity (Wildman–Crippen MR) is 62.4 cm³/mol. The fraction of sp³-hybridized carbons (Fsp3) is 0.167. The molecule has 2 N–H and O–H groups in total. The maximum atomic E-state index is 11.0. The maximum Gasteiger partial charge on any atom is 0.221 e. The molecule has 1 heterocycles. The monoisotopic (exact) mass is 216 g/mol. The van der Waals surface area contributed by atoms with E-state index in [0.29, 0.717) is 11.2 Å². The van der Waals surface area contributed by atoms with Crippen molar-refractivity contribution < 1.29 is 9.90 Å². The first-order chi connectivity index (χ1) is 7.59. The summed E-state index contributed by atoms with van der Waals surface area (Å²) in [5.41, 5.74) is 1.87. The lowest BCUT2D eigenvalue weighted by atomic mass is 10.1. The van der Waals surface area contributed by atoms with Gasteiger partial charge in [0.2, 0.25) is 5.91 Å². The molecule has 1 aromatic heterocycles. The summed E-state index contributed by atoms with van der Waals surface area (Å²) in [4.78, 5) is 15.1. The van der Waals surface area contributed by atoms with E-state index in [1.165, 1.54) is 6.92 Å². The number of hydrogen-bond acceptors (Lipinski definition) is 3. The van der Waals surface area contributed by atoms with Crippen LogP contribution >= 0.6 is 0 Å². The van der Waals surface area contributed by atoms with Crippen LogP contribution in [0.25, 0.3) is 10.9 Å². The van der Waals surface area contributed by atoms with Gasteiger partial charge in [-0.15, -0.1) is 0 Å². The van der Waals surface area contributed by atoms with Gasteiger partial charge in [0, 0.05) is 18.5 Å². The van der Waals surface area contributed by atoms with E-state index < -0.39 is 0 Å². The summed E-state index contributed by atoms with van der Waals surface area (Å²) in [5, 5.41) is 13.4. The van der Waals surface area contributed by atoms with E-state index in [9.17, 15) is 9.90 Å². The first kappa shape index (κ1) is 10.4. The molecule has 0 aliphatic heterocycles. The SMILES string of the molecule is CC(=O)Nc1cc(C)c2cccnc2c1O. The van der Waals surface area contributed by atoms with Crippen molar-refractivity contribution in [3.63, 3.8) is 0 Å². The lowest BCUT2D eigenvalue weighted by molar-refractivity contribution is -0.114. The number of anilines is 1. The number of benzene rings is 1. The molecule has 0 radical (unpaired) electrons. The highest BCUT2D eigenvalue weighted by atomic mass is 16.3. The van der Waals surface area contributed by atoms with Crippen LogP contribution in [0, 0.1) is 6.92 Å². The molecule has 0 saturated heterocycles. The molecule has 0 fully saturated rings. The number of hydrogen-bond donors (Lipinski definition) is 2. The second-order valence-corrected chi connectivity index (χ2v) is 3.67. The minimum absolute atomic E-state index is 0.0106. The Morgan fingerprint density at radius 3 is 2.94 bits per heavy atom. The molecular formula is C12H12N2O2. The third kappa shape index (κ3) is 1.69. The summed E-state index contributed by atoms with van der Waals surface area (Å²) in [5.74, 6) is -0.207. The Balaban J connectivity index is 2.70. The van der Waals surface area contributed by atoms with Gasteiger partial charge in [0.1, 0.15) is 5.52 Å². The van der Waals surface area contributed by atoms with Gasteiger partial charge in [-0.3, -0.25) is 9.78 Å². The van der Waals surface area contributed by atoms with Gasteiger partial charge in [-0.2, -0.15) is 0 Å². The third-order valence-electron chi connectivity index (χ3n) is 2.38. The molecule has 0 atom stereocenters. The molecule has 0 spiro atoms. The Labute approximate surface area is 92.9 Å². The summed E-state index contributed by atoms with van der Waals surface area (Å²) in [6.07, 6.45) is 1.61. The number of carbonyl (C=O) groups excluding carboxylic acids is 1. The van der Waals surface area contributed by atoms with Crippen LogP contribution in [0.3, 0.4) is 0 Å². The highest BCUT2D eigenvalue weighted by Crippen LogP contribution is 2.33. The molecule has 2 aromatic rings. The molecule has 0 saturated carbocycles. The minimum atomic E-state index is -0.218. The van der Waals surface area contributed by atoms with Gasteiger partial charge in [-0.05, 0) is 24.6 Å². The van der Waals surface area contributed by atoms with Gasteiger partial charge in [-0.25, -0.2) is 0 Å². The topological polar surface area (TPSA) is 62.2 Å². The maximum absolute atomic E-state index is 11.0. The average Bonchev–Trinajstić information content (AvgIpc) is 2.25. The van der Waals surface area contributed by atoms with Gasteiger partial charge in [0.05, 0.1) is 5.69 Å². The van der Waals surface area contributed by atoms with Crippen molar-refractivity contribution in [1.29, 1.82) is 0 Å². The van der Waals surface area contributed by atoms with Crippen LogP contribution in [0.2, 0.25) is 0 Å². The number of nitrogens with one attached hydrogen (secondary N) is 1. The lowest BCUT2D eigenvalue weighted by Gasteiger charge is -2.09. The average molecular weight is 216 g/mol. The van der Waals surface area contributed by atoms with Crippen molar-refractivity contribution in [3.8, 4) is 5.75 Å². The van der Waals surface area contributed by atoms with E-state index in [0.717, 1.165) is 10.9 Å². The van der Waals surface area contributed by atoms with Crippen LogP contribution in [0.5, 0.6) is 5.75 Å². The number of aryl methyl sites for hydroxylation is 1. The minimum Gasteiger partial charge on any atom is -0.504 e. The zero-order valence-corrected chi connectivity index (χ0v) is 9.11. The molecule has 4 nitrogen and oxygen atoms in total. The standard InChI is InChI=1S/C12H12N2O2/c1-7-6-10(14-8(2)15)12(16)11-9(7)4-3-5-13-11/h3-6,16H,1-2H3,(H,14,15). The lowest BCUT2D eigenvalue weighted by Crippen LogP contribution is -2.06. The molecule has 0 unspecified atom stereocenters. The van der Waals surface area contributed by atoms with Crippen LogP contribution in [-0.2, 0) is 4.79 Å². The quantitative estimate of drug-likeness (QED) is 0.718. The van der Waals surface area contributed by atoms with E-state index in [2.05, 4.69) is 10.3 Å². The van der Waals surface area contributed by atoms with Crippen molar-refractivity contribution >= 4 is 22.5 Å². The number of carbonyl (C=O) groups is 1. The zero-order chi connectivity index (χ0) is 11.7. The fourth-order valence-corrected chi connectivity index (χ4v) is 1.69. The Kier molecular flexibility index (Phi) is 2.48. The second kappa shape index (κ2) is 3.81. The molecular weight excluding hydrogens is 204 g/mol. The van der Waals surface area contributed by atoms with Gasteiger partial charge < -0.3 is 10.4 Å². The summed E-state index contributed by atoms with van der Waals surface area (Å²) in [6.45, 7) is 3.31. The van der Waals surface area contributed by atoms with Crippen molar-refractivity contribution in [2.75, 3.05) is 5.32 Å². The summed E-state index contributed by atoms with van der Waals surface area (Å²) in [6, 6.07) is 5.43. The number of aromatic hydroxyl groups is 1. The number of phenolic OH excluding ortho intramolecular Hbond substituents is 1. The number of fused-ring (bicyclic) bond motifs is 1.